The van der Waals surface area contributed by atoms with Crippen LogP contribution in [0.3, 0.4) is 0 Å². The number of H-pyrrole nitrogens is 1. The molecule has 0 aliphatic heterocycles. The first-order valence-electron chi connectivity index (χ1n) is 7.98. The van der Waals surface area contributed by atoms with E-state index in [-0.39, 0.29) is 18.9 Å². The van der Waals surface area contributed by atoms with Gasteiger partial charge in [0.05, 0.1) is 18.1 Å². The lowest BCUT2D eigenvalue weighted by molar-refractivity contribution is -0.121. The number of amides is 1. The Morgan fingerprint density at radius 3 is 2.91 bits per heavy atom. The summed E-state index contributed by atoms with van der Waals surface area (Å²) in [6, 6.07) is 10.2. The summed E-state index contributed by atoms with van der Waals surface area (Å²) in [6.07, 6.45) is 3.92. The normalized spacial score (nSPS) is 13.4. The third-order valence-electron chi connectivity index (χ3n) is 4.44. The first-order valence-corrected chi connectivity index (χ1v) is 7.98. The Bertz CT molecular complexity index is 696. The quantitative estimate of drug-likeness (QED) is 0.699. The van der Waals surface area contributed by atoms with E-state index < -0.39 is 5.41 Å². The van der Waals surface area contributed by atoms with Gasteiger partial charge >= 0.3 is 0 Å². The Hall–Kier alpha value is -2.32. The minimum Gasteiger partial charge on any atom is -0.395 e. The van der Waals surface area contributed by atoms with Gasteiger partial charge in [0.15, 0.2) is 0 Å². The molecule has 2 rings (SSSR count). The second kappa shape index (κ2) is 7.80. The van der Waals surface area contributed by atoms with Crippen molar-refractivity contribution in [2.24, 2.45) is 5.41 Å². The number of nitriles is 1. The number of hydrogen-bond acceptors (Lipinski definition) is 3. The van der Waals surface area contributed by atoms with E-state index >= 15 is 0 Å². The van der Waals surface area contributed by atoms with Gasteiger partial charge in [-0.1, -0.05) is 25.1 Å². The first-order chi connectivity index (χ1) is 11.1. The number of aliphatic hydroxyl groups is 1. The van der Waals surface area contributed by atoms with Crippen LogP contribution in [-0.2, 0) is 11.2 Å². The lowest BCUT2D eigenvalue weighted by Gasteiger charge is -2.21. The number of fused-ring (bicyclic) bond motifs is 1. The number of nitrogens with one attached hydrogen (secondary N) is 2. The molecule has 2 aromatic rings. The predicted octanol–water partition coefficient (Wildman–Crippen LogP) is 2.52. The lowest BCUT2D eigenvalue weighted by Crippen LogP contribution is -2.29. The molecule has 1 unspecified atom stereocenters. The van der Waals surface area contributed by atoms with Gasteiger partial charge in [0, 0.05) is 30.1 Å². The predicted molar refractivity (Wildman–Crippen MR) is 89.7 cm³/mol. The molecule has 0 aliphatic carbocycles. The molecule has 1 aromatic heterocycles. The third kappa shape index (κ3) is 4.11. The minimum absolute atomic E-state index is 0.0774. The summed E-state index contributed by atoms with van der Waals surface area (Å²) in [7, 11) is 0. The zero-order valence-corrected chi connectivity index (χ0v) is 13.4. The maximum absolute atomic E-state index is 11.9. The number of aliphatic hydroxyl groups excluding tert-OH is 1. The molecule has 5 heteroatoms. The highest BCUT2D eigenvalue weighted by molar-refractivity contribution is 5.83. The number of nitrogens with zero attached hydrogens (tertiary/aromatic N) is 1. The van der Waals surface area contributed by atoms with Gasteiger partial charge in [-0.3, -0.25) is 4.79 Å². The van der Waals surface area contributed by atoms with Crippen LogP contribution in [0, 0.1) is 16.7 Å². The SMILES string of the molecule is CCC(C#N)(CO)CCC(=O)NCCc1c[nH]c2ccccc12. The van der Waals surface area contributed by atoms with Crippen LogP contribution in [0.25, 0.3) is 10.9 Å². The summed E-state index contributed by atoms with van der Waals surface area (Å²) in [5, 5.41) is 22.5. The molecule has 122 valence electrons. The summed E-state index contributed by atoms with van der Waals surface area (Å²) < 4.78 is 0. The summed E-state index contributed by atoms with van der Waals surface area (Å²) >= 11 is 0. The van der Waals surface area contributed by atoms with Crippen molar-refractivity contribution in [2.75, 3.05) is 13.2 Å². The highest BCUT2D eigenvalue weighted by Gasteiger charge is 2.27. The fourth-order valence-electron chi connectivity index (χ4n) is 2.65. The number of para-hydroxylation sites is 1. The molecule has 0 saturated carbocycles. The van der Waals surface area contributed by atoms with Crippen molar-refractivity contribution in [3.8, 4) is 6.07 Å². The van der Waals surface area contributed by atoms with Crippen molar-refractivity contribution in [1.82, 2.24) is 10.3 Å². The van der Waals surface area contributed by atoms with Crippen LogP contribution >= 0.6 is 0 Å². The number of aromatic amines is 1. The summed E-state index contributed by atoms with van der Waals surface area (Å²) in [6.45, 7) is 2.21. The van der Waals surface area contributed by atoms with E-state index in [9.17, 15) is 9.90 Å². The van der Waals surface area contributed by atoms with Crippen LogP contribution in [0.2, 0.25) is 0 Å². The zero-order chi connectivity index (χ0) is 16.7. The number of carbonyl (C=O) groups excluding carboxylic acids is 1. The van der Waals surface area contributed by atoms with Gasteiger partial charge in [0.25, 0.3) is 0 Å². The zero-order valence-electron chi connectivity index (χ0n) is 13.4. The Morgan fingerprint density at radius 2 is 2.22 bits per heavy atom. The van der Waals surface area contributed by atoms with E-state index in [1.165, 1.54) is 10.9 Å². The summed E-state index contributed by atoms with van der Waals surface area (Å²) in [4.78, 5) is 15.1. The number of carbonyl (C=O) groups is 1. The lowest BCUT2D eigenvalue weighted by atomic mass is 9.83. The molecule has 0 spiro atoms. The molecule has 0 saturated heterocycles. The van der Waals surface area contributed by atoms with E-state index in [0.29, 0.717) is 19.4 Å². The molecule has 0 radical (unpaired) electrons. The third-order valence-corrected chi connectivity index (χ3v) is 4.44. The van der Waals surface area contributed by atoms with E-state index in [2.05, 4.69) is 22.4 Å². The molecule has 1 heterocycles. The molecule has 0 fully saturated rings. The van der Waals surface area contributed by atoms with Gasteiger partial charge < -0.3 is 15.4 Å². The molecular weight excluding hydrogens is 290 g/mol. The van der Waals surface area contributed by atoms with Gasteiger partial charge in [-0.05, 0) is 30.9 Å². The highest BCUT2D eigenvalue weighted by atomic mass is 16.3. The summed E-state index contributed by atoms with van der Waals surface area (Å²) in [5.74, 6) is -0.0774. The molecule has 3 N–H and O–H groups in total. The van der Waals surface area contributed by atoms with Gasteiger partial charge in [0.1, 0.15) is 0 Å². The smallest absolute Gasteiger partial charge is 0.220 e. The van der Waals surface area contributed by atoms with Crippen LogP contribution in [0.1, 0.15) is 31.7 Å². The van der Waals surface area contributed by atoms with Crippen LogP contribution in [0.5, 0.6) is 0 Å². The van der Waals surface area contributed by atoms with Crippen molar-refractivity contribution >= 4 is 16.8 Å². The first kappa shape index (κ1) is 17.0. The van der Waals surface area contributed by atoms with Crippen LogP contribution in [0.4, 0.5) is 0 Å². The molecule has 0 bridgehead atoms. The summed E-state index contributed by atoms with van der Waals surface area (Å²) in [5.41, 5.74) is 1.48. The average molecular weight is 313 g/mol. The highest BCUT2D eigenvalue weighted by Crippen LogP contribution is 2.26. The van der Waals surface area contributed by atoms with Crippen molar-refractivity contribution in [3.63, 3.8) is 0 Å². The number of aromatic nitrogens is 1. The molecule has 5 nitrogen and oxygen atoms in total. The van der Waals surface area contributed by atoms with Crippen molar-refractivity contribution in [3.05, 3.63) is 36.0 Å². The number of rotatable bonds is 8. The van der Waals surface area contributed by atoms with Crippen molar-refractivity contribution < 1.29 is 9.90 Å². The van der Waals surface area contributed by atoms with E-state index in [1.807, 2.05) is 31.3 Å². The molecule has 23 heavy (non-hydrogen) atoms. The molecule has 1 aromatic carbocycles. The van der Waals surface area contributed by atoms with Crippen molar-refractivity contribution in [1.29, 1.82) is 5.26 Å². The second-order valence-corrected chi connectivity index (χ2v) is 5.86. The van der Waals surface area contributed by atoms with Crippen LogP contribution < -0.4 is 5.32 Å². The van der Waals surface area contributed by atoms with Gasteiger partial charge in [-0.25, -0.2) is 0 Å². The van der Waals surface area contributed by atoms with E-state index in [0.717, 1.165) is 11.9 Å². The van der Waals surface area contributed by atoms with Gasteiger partial charge in [-0.2, -0.15) is 5.26 Å². The fraction of sp³-hybridized carbons (Fsp3) is 0.444. The average Bonchev–Trinajstić information content (AvgIpc) is 3.00. The molecule has 1 amide bonds. The van der Waals surface area contributed by atoms with Crippen LogP contribution in [0.15, 0.2) is 30.5 Å². The second-order valence-electron chi connectivity index (χ2n) is 5.86. The monoisotopic (exact) mass is 313 g/mol. The molecule has 1 atom stereocenters. The van der Waals surface area contributed by atoms with E-state index in [1.54, 1.807) is 0 Å². The maximum Gasteiger partial charge on any atom is 0.220 e. The Balaban J connectivity index is 1.80. The van der Waals surface area contributed by atoms with Crippen LogP contribution in [-0.4, -0.2) is 29.1 Å². The Labute approximate surface area is 136 Å². The molecule has 0 aliphatic rings. The fourth-order valence-corrected chi connectivity index (χ4v) is 2.65. The van der Waals surface area contributed by atoms with E-state index in [4.69, 9.17) is 5.26 Å². The Morgan fingerprint density at radius 1 is 1.43 bits per heavy atom. The van der Waals surface area contributed by atoms with Gasteiger partial charge in [0.2, 0.25) is 5.91 Å². The topological polar surface area (TPSA) is 88.9 Å². The maximum atomic E-state index is 11.9. The van der Waals surface area contributed by atoms with Crippen molar-refractivity contribution in [2.45, 2.75) is 32.6 Å². The molecular formula is C18H23N3O2. The number of hydrogen-bond donors (Lipinski definition) is 3. The minimum atomic E-state index is -0.797. The standard InChI is InChI=1S/C18H23N3O2/c1-2-18(12-19,13-22)9-7-17(23)20-10-8-14-11-21-16-6-4-3-5-15(14)16/h3-6,11,21-22H,2,7-10,13H2,1H3,(H,20,23). The van der Waals surface area contributed by atoms with Gasteiger partial charge in [-0.15, -0.1) is 0 Å². The number of benzene rings is 1. The largest absolute Gasteiger partial charge is 0.395 e. The Kier molecular flexibility index (Phi) is 5.78.